The van der Waals surface area contributed by atoms with Crippen LogP contribution in [0.3, 0.4) is 0 Å². The van der Waals surface area contributed by atoms with E-state index >= 15 is 0 Å². The molecule has 6 rings (SSSR count). The maximum atomic E-state index is 13.8. The first kappa shape index (κ1) is 23.5. The zero-order chi connectivity index (χ0) is 25.5. The van der Waals surface area contributed by atoms with Crippen molar-refractivity contribution in [2.75, 3.05) is 6.79 Å². The van der Waals surface area contributed by atoms with E-state index in [1.54, 1.807) is 18.2 Å². The number of fused-ring (bicyclic) bond motifs is 1. The largest absolute Gasteiger partial charge is 0.459 e. The lowest BCUT2D eigenvalue weighted by Crippen LogP contribution is -2.36. The number of benzene rings is 2. The van der Waals surface area contributed by atoms with E-state index in [0.29, 0.717) is 46.7 Å². The van der Waals surface area contributed by atoms with E-state index < -0.39 is 11.9 Å². The Balaban J connectivity index is 1.38. The van der Waals surface area contributed by atoms with E-state index in [4.69, 9.17) is 14.2 Å². The number of nitroso groups, excluding NO2 is 1. The normalized spacial score (nSPS) is 23.1. The molecular weight excluding hydrogens is 472 g/mol. The lowest BCUT2D eigenvalue weighted by atomic mass is 9.71. The quantitative estimate of drug-likeness (QED) is 0.417. The third-order valence-electron chi connectivity index (χ3n) is 7.80. The Morgan fingerprint density at radius 1 is 1.03 bits per heavy atom. The number of carbonyl (C=O) groups excluding carboxylic acids is 2. The number of nitrogens with zero attached hydrogens (tertiary/aromatic N) is 1. The molecule has 0 aromatic heterocycles. The number of hydrogen-bond donors (Lipinski definition) is 1. The fourth-order valence-electron chi connectivity index (χ4n) is 6.03. The molecule has 8 nitrogen and oxygen atoms in total. The van der Waals surface area contributed by atoms with Crippen LogP contribution in [0, 0.1) is 4.91 Å². The van der Waals surface area contributed by atoms with Crippen LogP contribution < -0.4 is 14.8 Å². The highest BCUT2D eigenvalue weighted by atomic mass is 16.7. The summed E-state index contributed by atoms with van der Waals surface area (Å²) >= 11 is 0. The number of nitrogens with one attached hydrogen (secondary N) is 1. The monoisotopic (exact) mass is 500 g/mol. The summed E-state index contributed by atoms with van der Waals surface area (Å²) in [6.45, 7) is 2.04. The van der Waals surface area contributed by atoms with Gasteiger partial charge in [0.25, 0.3) is 0 Å². The molecule has 8 heteroatoms. The first-order valence-electron chi connectivity index (χ1n) is 12.8. The van der Waals surface area contributed by atoms with E-state index in [2.05, 4.69) is 10.5 Å². The number of hydrogen-bond acceptors (Lipinski definition) is 8. The highest BCUT2D eigenvalue weighted by Crippen LogP contribution is 2.47. The van der Waals surface area contributed by atoms with Gasteiger partial charge in [-0.05, 0) is 85.5 Å². The lowest BCUT2D eigenvalue weighted by molar-refractivity contribution is -0.144. The molecule has 190 valence electrons. The lowest BCUT2D eigenvalue weighted by Gasteiger charge is -2.37. The second-order valence-electron chi connectivity index (χ2n) is 10.1. The topological polar surface area (TPSA) is 103 Å². The number of dihydropyridines is 1. The molecule has 2 atom stereocenters. The van der Waals surface area contributed by atoms with Gasteiger partial charge in [-0.15, -0.1) is 4.91 Å². The summed E-state index contributed by atoms with van der Waals surface area (Å²) in [6.07, 6.45) is 4.58. The highest BCUT2D eigenvalue weighted by Gasteiger charge is 2.42. The molecule has 1 N–H and O–H groups in total. The highest BCUT2D eigenvalue weighted by molar-refractivity contribution is 6.04. The van der Waals surface area contributed by atoms with Crippen molar-refractivity contribution in [3.05, 3.63) is 81.0 Å². The smallest absolute Gasteiger partial charge is 0.337 e. The fourth-order valence-corrected chi connectivity index (χ4v) is 6.03. The molecule has 0 saturated heterocycles. The molecule has 2 aliphatic carbocycles. The van der Waals surface area contributed by atoms with Crippen molar-refractivity contribution in [3.63, 3.8) is 0 Å². The molecule has 2 aromatic carbocycles. The van der Waals surface area contributed by atoms with Gasteiger partial charge in [-0.2, -0.15) is 0 Å². The van der Waals surface area contributed by atoms with Crippen molar-refractivity contribution in [2.24, 2.45) is 5.18 Å². The van der Waals surface area contributed by atoms with Crippen molar-refractivity contribution in [1.29, 1.82) is 0 Å². The number of ketones is 1. The summed E-state index contributed by atoms with van der Waals surface area (Å²) in [5.41, 5.74) is 4.37. The minimum Gasteiger partial charge on any atom is -0.459 e. The molecule has 0 spiro atoms. The Kier molecular flexibility index (Phi) is 6.02. The van der Waals surface area contributed by atoms with E-state index in [1.165, 1.54) is 0 Å². The third kappa shape index (κ3) is 4.30. The van der Waals surface area contributed by atoms with Crippen LogP contribution >= 0.6 is 0 Å². The van der Waals surface area contributed by atoms with E-state index in [-0.39, 0.29) is 30.3 Å². The Morgan fingerprint density at radius 3 is 2.65 bits per heavy atom. The second kappa shape index (κ2) is 9.50. The molecule has 0 radical (unpaired) electrons. The summed E-state index contributed by atoms with van der Waals surface area (Å²) in [6, 6.07) is 12.6. The molecule has 4 aliphatic rings. The van der Waals surface area contributed by atoms with Crippen LogP contribution in [0.4, 0.5) is 5.69 Å². The Hall–Kier alpha value is -3.94. The van der Waals surface area contributed by atoms with Gasteiger partial charge in [0.2, 0.25) is 6.79 Å². The molecule has 2 heterocycles. The van der Waals surface area contributed by atoms with Gasteiger partial charge in [0.05, 0.1) is 5.57 Å². The van der Waals surface area contributed by atoms with Crippen LogP contribution in [0.2, 0.25) is 0 Å². The van der Waals surface area contributed by atoms with Gasteiger partial charge in [0.1, 0.15) is 11.8 Å². The van der Waals surface area contributed by atoms with Crippen molar-refractivity contribution in [2.45, 2.75) is 63.4 Å². The molecule has 1 fully saturated rings. The summed E-state index contributed by atoms with van der Waals surface area (Å²) < 4.78 is 16.9. The van der Waals surface area contributed by atoms with Crippen LogP contribution in [0.15, 0.2) is 70.2 Å². The molecule has 37 heavy (non-hydrogen) atoms. The van der Waals surface area contributed by atoms with E-state index in [0.717, 1.165) is 36.9 Å². The van der Waals surface area contributed by atoms with Gasteiger partial charge < -0.3 is 19.5 Å². The van der Waals surface area contributed by atoms with Crippen LogP contribution in [-0.4, -0.2) is 24.6 Å². The van der Waals surface area contributed by atoms with Gasteiger partial charge in [0, 0.05) is 29.3 Å². The second-order valence-corrected chi connectivity index (χ2v) is 10.1. The van der Waals surface area contributed by atoms with Gasteiger partial charge in [-0.1, -0.05) is 18.2 Å². The van der Waals surface area contributed by atoms with Crippen LogP contribution in [0.5, 0.6) is 11.5 Å². The molecule has 0 bridgehead atoms. The molecule has 0 amide bonds. The standard InChI is InChI=1S/C29H28N2O6/c1-16-26(29(33)37-21-7-2-3-8-21)27(18-5-4-6-20(11-18)31-34)28-22(30-16)12-19(13-23(28)32)17-9-10-24-25(14-17)36-15-35-24/h4-6,9-11,14,19,21,27,30H,2-3,7-8,12-13,15H2,1H3. The van der Waals surface area contributed by atoms with E-state index in [9.17, 15) is 14.5 Å². The Bertz CT molecular complexity index is 1350. The summed E-state index contributed by atoms with van der Waals surface area (Å²) in [7, 11) is 0. The predicted molar refractivity (Wildman–Crippen MR) is 135 cm³/mol. The zero-order valence-corrected chi connectivity index (χ0v) is 20.6. The maximum Gasteiger partial charge on any atom is 0.337 e. The Labute approximate surface area is 214 Å². The fraction of sp³-hybridized carbons (Fsp3) is 0.379. The van der Waals surface area contributed by atoms with Gasteiger partial charge in [0.15, 0.2) is 17.3 Å². The molecule has 2 aromatic rings. The van der Waals surface area contributed by atoms with Crippen molar-refractivity contribution in [1.82, 2.24) is 5.32 Å². The minimum absolute atomic E-state index is 0.0375. The van der Waals surface area contributed by atoms with Crippen LogP contribution in [0.1, 0.15) is 68.4 Å². The van der Waals surface area contributed by atoms with Crippen LogP contribution in [-0.2, 0) is 14.3 Å². The third-order valence-corrected chi connectivity index (χ3v) is 7.80. The molecular formula is C29H28N2O6. The number of carbonyl (C=O) groups is 2. The van der Waals surface area contributed by atoms with Gasteiger partial charge in [-0.3, -0.25) is 4.79 Å². The number of esters is 1. The van der Waals surface area contributed by atoms with E-state index in [1.807, 2.05) is 31.2 Å². The van der Waals surface area contributed by atoms with Crippen molar-refractivity contribution < 1.29 is 23.8 Å². The zero-order valence-electron chi connectivity index (χ0n) is 20.6. The number of Topliss-reactive ketones (excluding diaryl/α,β-unsaturated/α-hetero) is 1. The first-order valence-corrected chi connectivity index (χ1v) is 12.8. The molecule has 2 unspecified atom stereocenters. The van der Waals surface area contributed by atoms with Gasteiger partial charge in [-0.25, -0.2) is 4.79 Å². The summed E-state index contributed by atoms with van der Waals surface area (Å²) in [4.78, 5) is 38.6. The summed E-state index contributed by atoms with van der Waals surface area (Å²) in [5.74, 6) is 0.266. The Morgan fingerprint density at radius 2 is 1.84 bits per heavy atom. The number of allylic oxidation sites excluding steroid dienone is 3. The van der Waals surface area contributed by atoms with Gasteiger partial charge >= 0.3 is 5.97 Å². The maximum absolute atomic E-state index is 13.8. The first-order chi connectivity index (χ1) is 18.0. The SMILES string of the molecule is CC1=C(C(=O)OC2CCCC2)C(c2cccc(N=O)c2)C2=C(CC(c3ccc4c(c3)OCO4)CC2=O)N1. The number of rotatable bonds is 5. The molecule has 2 aliphatic heterocycles. The molecule has 1 saturated carbocycles. The van der Waals surface area contributed by atoms with Crippen molar-refractivity contribution >= 4 is 17.4 Å². The average Bonchev–Trinajstić information content (AvgIpc) is 3.59. The predicted octanol–water partition coefficient (Wildman–Crippen LogP) is 5.66. The summed E-state index contributed by atoms with van der Waals surface area (Å²) in [5, 5.41) is 6.46. The van der Waals surface area contributed by atoms with Crippen LogP contribution in [0.25, 0.3) is 0 Å². The average molecular weight is 501 g/mol. The minimum atomic E-state index is -0.628. The number of ether oxygens (including phenoxy) is 3. The van der Waals surface area contributed by atoms with Crippen molar-refractivity contribution in [3.8, 4) is 11.5 Å².